The molecular weight excluding hydrogens is 264 g/mol. The number of piperidine rings is 1. The van der Waals surface area contributed by atoms with Gasteiger partial charge in [0.1, 0.15) is 0 Å². The number of hydrogen-bond acceptors (Lipinski definition) is 3. The SMILES string of the molecule is CC1CCNC(C(=O)N(C)Cc2cnn(C)c2)C1.Cl. The number of amides is 1. The molecule has 2 rings (SSSR count). The van der Waals surface area contributed by atoms with Crippen molar-refractivity contribution in [2.24, 2.45) is 13.0 Å². The number of carbonyl (C=O) groups excluding carboxylic acids is 1. The smallest absolute Gasteiger partial charge is 0.239 e. The van der Waals surface area contributed by atoms with E-state index < -0.39 is 0 Å². The number of nitrogens with one attached hydrogen (secondary N) is 1. The molecule has 0 radical (unpaired) electrons. The van der Waals surface area contributed by atoms with E-state index in [9.17, 15) is 4.79 Å². The zero-order valence-corrected chi connectivity index (χ0v) is 12.6. The molecule has 0 bridgehead atoms. The van der Waals surface area contributed by atoms with Gasteiger partial charge in [-0.1, -0.05) is 6.92 Å². The van der Waals surface area contributed by atoms with Gasteiger partial charge in [0.2, 0.25) is 5.91 Å². The van der Waals surface area contributed by atoms with Gasteiger partial charge in [-0.2, -0.15) is 5.10 Å². The van der Waals surface area contributed by atoms with Crippen molar-refractivity contribution in [3.05, 3.63) is 18.0 Å². The lowest BCUT2D eigenvalue weighted by Gasteiger charge is -2.30. The Morgan fingerprint density at radius 3 is 2.95 bits per heavy atom. The zero-order valence-electron chi connectivity index (χ0n) is 11.8. The van der Waals surface area contributed by atoms with E-state index in [2.05, 4.69) is 17.3 Å². The molecule has 5 nitrogen and oxygen atoms in total. The van der Waals surface area contributed by atoms with Crippen LogP contribution < -0.4 is 5.32 Å². The molecule has 0 saturated carbocycles. The summed E-state index contributed by atoms with van der Waals surface area (Å²) in [7, 11) is 3.74. The van der Waals surface area contributed by atoms with Gasteiger partial charge in [-0.25, -0.2) is 0 Å². The van der Waals surface area contributed by atoms with Crippen molar-refractivity contribution >= 4 is 18.3 Å². The molecule has 1 fully saturated rings. The van der Waals surface area contributed by atoms with Crippen LogP contribution in [0.1, 0.15) is 25.3 Å². The van der Waals surface area contributed by atoms with Crippen LogP contribution in [0.15, 0.2) is 12.4 Å². The van der Waals surface area contributed by atoms with Crippen LogP contribution >= 0.6 is 12.4 Å². The zero-order chi connectivity index (χ0) is 13.1. The van der Waals surface area contributed by atoms with Crippen LogP contribution in [0.3, 0.4) is 0 Å². The molecule has 1 N–H and O–H groups in total. The second kappa shape index (κ2) is 6.91. The summed E-state index contributed by atoms with van der Waals surface area (Å²) in [6.45, 7) is 3.78. The van der Waals surface area contributed by atoms with Crippen molar-refractivity contribution in [1.29, 1.82) is 0 Å². The number of carbonyl (C=O) groups is 1. The Labute approximate surface area is 120 Å². The quantitative estimate of drug-likeness (QED) is 0.908. The molecule has 19 heavy (non-hydrogen) atoms. The number of rotatable bonds is 3. The van der Waals surface area contributed by atoms with E-state index in [-0.39, 0.29) is 24.4 Å². The van der Waals surface area contributed by atoms with Gasteiger partial charge >= 0.3 is 0 Å². The average molecular weight is 287 g/mol. The van der Waals surface area contributed by atoms with Crippen LogP contribution in [0.5, 0.6) is 0 Å². The highest BCUT2D eigenvalue weighted by Gasteiger charge is 2.26. The number of aryl methyl sites for hydroxylation is 1. The van der Waals surface area contributed by atoms with Crippen molar-refractivity contribution in [1.82, 2.24) is 20.0 Å². The lowest BCUT2D eigenvalue weighted by Crippen LogP contribution is -2.48. The van der Waals surface area contributed by atoms with E-state index in [4.69, 9.17) is 0 Å². The Bertz CT molecular complexity index is 421. The standard InChI is InChI=1S/C13H22N4O.ClH/c1-10-4-5-14-12(6-10)13(18)16(2)8-11-7-15-17(3)9-11;/h7,9-10,12,14H,4-6,8H2,1-3H3;1H. The summed E-state index contributed by atoms with van der Waals surface area (Å²) >= 11 is 0. The minimum atomic E-state index is -0.0181. The Hall–Kier alpha value is -1.07. The van der Waals surface area contributed by atoms with Gasteiger partial charge in [-0.05, 0) is 25.3 Å². The first-order valence-corrected chi connectivity index (χ1v) is 6.52. The van der Waals surface area contributed by atoms with Crippen molar-refractivity contribution in [3.8, 4) is 0 Å². The van der Waals surface area contributed by atoms with E-state index in [0.29, 0.717) is 12.5 Å². The second-order valence-electron chi connectivity index (χ2n) is 5.35. The first kappa shape index (κ1) is 16.0. The van der Waals surface area contributed by atoms with Crippen LogP contribution in [0.25, 0.3) is 0 Å². The molecule has 6 heteroatoms. The van der Waals surface area contributed by atoms with Crippen LogP contribution in [0, 0.1) is 5.92 Å². The van der Waals surface area contributed by atoms with Crippen LogP contribution in [-0.2, 0) is 18.4 Å². The largest absolute Gasteiger partial charge is 0.340 e. The summed E-state index contributed by atoms with van der Waals surface area (Å²) in [6.07, 6.45) is 5.85. The van der Waals surface area contributed by atoms with Gasteiger partial charge in [0, 0.05) is 32.4 Å². The summed E-state index contributed by atoms with van der Waals surface area (Å²) in [5.74, 6) is 0.817. The van der Waals surface area contributed by atoms with Gasteiger partial charge in [0.15, 0.2) is 0 Å². The van der Waals surface area contributed by atoms with E-state index in [0.717, 1.165) is 24.9 Å². The minimum Gasteiger partial charge on any atom is -0.340 e. The number of aromatic nitrogens is 2. The Kier molecular flexibility index (Phi) is 5.82. The molecule has 2 unspecified atom stereocenters. The van der Waals surface area contributed by atoms with Crippen LogP contribution in [0.2, 0.25) is 0 Å². The normalized spacial score (nSPS) is 22.7. The highest BCUT2D eigenvalue weighted by atomic mass is 35.5. The average Bonchev–Trinajstić information content (AvgIpc) is 2.73. The third-order valence-electron chi connectivity index (χ3n) is 3.52. The van der Waals surface area contributed by atoms with Gasteiger partial charge in [0.05, 0.1) is 12.2 Å². The van der Waals surface area contributed by atoms with E-state index in [1.807, 2.05) is 20.3 Å². The summed E-state index contributed by atoms with van der Waals surface area (Å²) in [5, 5.41) is 7.43. The van der Waals surface area contributed by atoms with Crippen molar-refractivity contribution in [2.75, 3.05) is 13.6 Å². The fourth-order valence-electron chi connectivity index (χ4n) is 2.47. The number of likely N-dealkylation sites (N-methyl/N-ethyl adjacent to an activating group) is 1. The van der Waals surface area contributed by atoms with Crippen LogP contribution in [0.4, 0.5) is 0 Å². The molecule has 1 aliphatic heterocycles. The van der Waals surface area contributed by atoms with E-state index in [1.54, 1.807) is 15.8 Å². The van der Waals surface area contributed by atoms with Crippen LogP contribution in [-0.4, -0.2) is 40.2 Å². The number of hydrogen-bond donors (Lipinski definition) is 1. The predicted molar refractivity (Wildman–Crippen MR) is 77.1 cm³/mol. The molecule has 0 aliphatic carbocycles. The molecular formula is C13H23ClN4O. The van der Waals surface area contributed by atoms with Gasteiger partial charge in [-0.15, -0.1) is 12.4 Å². The second-order valence-corrected chi connectivity index (χ2v) is 5.35. The van der Waals surface area contributed by atoms with Gasteiger partial charge < -0.3 is 10.2 Å². The minimum absolute atomic E-state index is 0. The summed E-state index contributed by atoms with van der Waals surface area (Å²) < 4.78 is 1.76. The predicted octanol–water partition coefficient (Wildman–Crippen LogP) is 1.19. The molecule has 2 heterocycles. The fraction of sp³-hybridized carbons (Fsp3) is 0.692. The van der Waals surface area contributed by atoms with E-state index >= 15 is 0 Å². The number of nitrogens with zero attached hydrogens (tertiary/aromatic N) is 3. The molecule has 1 amide bonds. The third kappa shape index (κ3) is 4.21. The Morgan fingerprint density at radius 1 is 1.63 bits per heavy atom. The Balaban J connectivity index is 0.00000180. The molecule has 0 aromatic carbocycles. The first-order valence-electron chi connectivity index (χ1n) is 6.52. The van der Waals surface area contributed by atoms with Crippen molar-refractivity contribution < 1.29 is 4.79 Å². The van der Waals surface area contributed by atoms with Crippen molar-refractivity contribution in [3.63, 3.8) is 0 Å². The van der Waals surface area contributed by atoms with Gasteiger partial charge in [-0.3, -0.25) is 9.48 Å². The summed E-state index contributed by atoms with van der Waals surface area (Å²) in [4.78, 5) is 14.1. The molecule has 1 aromatic heterocycles. The number of halogens is 1. The summed E-state index contributed by atoms with van der Waals surface area (Å²) in [6, 6.07) is -0.0181. The maximum atomic E-state index is 12.3. The molecule has 1 aromatic rings. The molecule has 108 valence electrons. The maximum Gasteiger partial charge on any atom is 0.239 e. The lowest BCUT2D eigenvalue weighted by atomic mass is 9.93. The van der Waals surface area contributed by atoms with Gasteiger partial charge in [0.25, 0.3) is 0 Å². The summed E-state index contributed by atoms with van der Waals surface area (Å²) in [5.41, 5.74) is 1.07. The maximum absolute atomic E-state index is 12.3. The topological polar surface area (TPSA) is 50.2 Å². The molecule has 0 spiro atoms. The third-order valence-corrected chi connectivity index (χ3v) is 3.52. The highest BCUT2D eigenvalue weighted by molar-refractivity contribution is 5.85. The molecule has 1 aliphatic rings. The first-order chi connectivity index (χ1) is 8.56. The Morgan fingerprint density at radius 2 is 2.37 bits per heavy atom. The van der Waals surface area contributed by atoms with Crippen molar-refractivity contribution in [2.45, 2.75) is 32.4 Å². The molecule has 1 saturated heterocycles. The van der Waals surface area contributed by atoms with E-state index in [1.165, 1.54) is 0 Å². The monoisotopic (exact) mass is 286 g/mol. The highest BCUT2D eigenvalue weighted by Crippen LogP contribution is 2.17. The molecule has 2 atom stereocenters. The lowest BCUT2D eigenvalue weighted by molar-refractivity contribution is -0.133. The fourth-order valence-corrected chi connectivity index (χ4v) is 2.47.